The fourth-order valence-corrected chi connectivity index (χ4v) is 0.398. The SMILES string of the molecule is C=C(F)F.C=CC(=O)OCC1CO1. The van der Waals surface area contributed by atoms with E-state index in [2.05, 4.69) is 17.9 Å². The lowest BCUT2D eigenvalue weighted by atomic mass is 10.5. The van der Waals surface area contributed by atoms with Crippen LogP contribution in [0.15, 0.2) is 25.3 Å². The van der Waals surface area contributed by atoms with Gasteiger partial charge >= 0.3 is 5.97 Å². The number of hydrogen-bond acceptors (Lipinski definition) is 3. The van der Waals surface area contributed by atoms with E-state index in [1.807, 2.05) is 0 Å². The van der Waals surface area contributed by atoms with Gasteiger partial charge in [-0.3, -0.25) is 0 Å². The smallest absolute Gasteiger partial charge is 0.330 e. The van der Waals surface area contributed by atoms with Crippen LogP contribution in [-0.2, 0) is 14.3 Å². The number of esters is 1. The molecule has 0 radical (unpaired) electrons. The molecule has 0 aromatic carbocycles. The van der Waals surface area contributed by atoms with Gasteiger partial charge in [0.05, 0.1) is 6.61 Å². The molecule has 1 unspecified atom stereocenters. The monoisotopic (exact) mass is 192 g/mol. The molecule has 1 saturated heterocycles. The predicted octanol–water partition coefficient (Wildman–Crippen LogP) is 1.51. The summed E-state index contributed by atoms with van der Waals surface area (Å²) in [6, 6.07) is 0. The minimum atomic E-state index is -1.83. The molecule has 1 heterocycles. The number of rotatable bonds is 3. The van der Waals surface area contributed by atoms with Gasteiger partial charge in [0.1, 0.15) is 12.7 Å². The van der Waals surface area contributed by atoms with E-state index < -0.39 is 6.08 Å². The molecule has 0 N–H and O–H groups in total. The summed E-state index contributed by atoms with van der Waals surface area (Å²) in [5.41, 5.74) is 0. The lowest BCUT2D eigenvalue weighted by Crippen LogP contribution is -2.06. The highest BCUT2D eigenvalue weighted by molar-refractivity contribution is 5.81. The number of halogens is 2. The molecule has 0 aromatic heterocycles. The lowest BCUT2D eigenvalue weighted by molar-refractivity contribution is -0.138. The Morgan fingerprint density at radius 3 is 2.46 bits per heavy atom. The molecule has 3 nitrogen and oxygen atoms in total. The van der Waals surface area contributed by atoms with E-state index in [1.165, 1.54) is 0 Å². The average molecular weight is 192 g/mol. The number of epoxide rings is 1. The summed E-state index contributed by atoms with van der Waals surface area (Å²) in [5.74, 6) is -0.384. The normalized spacial score (nSPS) is 17.8. The van der Waals surface area contributed by atoms with Crippen molar-refractivity contribution in [1.82, 2.24) is 0 Å². The van der Waals surface area contributed by atoms with Crippen LogP contribution in [0.1, 0.15) is 0 Å². The molecule has 1 fully saturated rings. The Labute approximate surface area is 74.6 Å². The van der Waals surface area contributed by atoms with Gasteiger partial charge in [-0.1, -0.05) is 6.58 Å². The topological polar surface area (TPSA) is 38.8 Å². The molecule has 1 rings (SSSR count). The Balaban J connectivity index is 0.000000310. The van der Waals surface area contributed by atoms with Crippen LogP contribution in [0.25, 0.3) is 0 Å². The maximum Gasteiger partial charge on any atom is 0.330 e. The Hall–Kier alpha value is -1.23. The van der Waals surface area contributed by atoms with Gasteiger partial charge in [0.25, 0.3) is 6.08 Å². The highest BCUT2D eigenvalue weighted by Gasteiger charge is 2.23. The van der Waals surface area contributed by atoms with Gasteiger partial charge in [0.2, 0.25) is 0 Å². The molecule has 5 heteroatoms. The molecule has 1 aliphatic heterocycles. The van der Waals surface area contributed by atoms with E-state index in [9.17, 15) is 13.6 Å². The number of hydrogen-bond donors (Lipinski definition) is 0. The molecule has 74 valence electrons. The van der Waals surface area contributed by atoms with Gasteiger partial charge in [-0.25, -0.2) is 4.79 Å². The molecular weight excluding hydrogens is 182 g/mol. The molecule has 13 heavy (non-hydrogen) atoms. The second kappa shape index (κ2) is 6.30. The summed E-state index contributed by atoms with van der Waals surface area (Å²) >= 11 is 0. The summed E-state index contributed by atoms with van der Waals surface area (Å²) in [6.07, 6.45) is -0.545. The first-order valence-electron chi connectivity index (χ1n) is 3.47. The van der Waals surface area contributed by atoms with Crippen molar-refractivity contribution in [2.75, 3.05) is 13.2 Å². The summed E-state index contributed by atoms with van der Waals surface area (Å²) in [5, 5.41) is 0. The molecule has 0 aliphatic carbocycles. The first-order chi connectivity index (χ1) is 6.06. The van der Waals surface area contributed by atoms with E-state index in [-0.39, 0.29) is 12.1 Å². The molecular formula is C8H10F2O3. The van der Waals surface area contributed by atoms with E-state index in [0.717, 1.165) is 6.08 Å². The van der Waals surface area contributed by atoms with Crippen molar-refractivity contribution in [1.29, 1.82) is 0 Å². The fourth-order valence-electron chi connectivity index (χ4n) is 0.398. The maximum absolute atomic E-state index is 10.3. The third kappa shape index (κ3) is 10.8. The van der Waals surface area contributed by atoms with Crippen LogP contribution >= 0.6 is 0 Å². The van der Waals surface area contributed by atoms with Crippen molar-refractivity contribution in [2.24, 2.45) is 0 Å². The van der Waals surface area contributed by atoms with Crippen molar-refractivity contribution in [2.45, 2.75) is 6.10 Å². The number of carbonyl (C=O) groups excluding carboxylic acids is 1. The standard InChI is InChI=1S/C6H8O3.C2H2F2/c1-2-6(7)9-4-5-3-8-5;1-2(3)4/h2,5H,1,3-4H2;1H2. The van der Waals surface area contributed by atoms with Gasteiger partial charge in [-0.15, -0.1) is 0 Å². The minimum Gasteiger partial charge on any atom is -0.460 e. The molecule has 0 aromatic rings. The third-order valence-corrected chi connectivity index (χ3v) is 0.981. The van der Waals surface area contributed by atoms with Crippen LogP contribution in [0, 0.1) is 0 Å². The predicted molar refractivity (Wildman–Crippen MR) is 42.3 cm³/mol. The van der Waals surface area contributed by atoms with Crippen LogP contribution in [-0.4, -0.2) is 25.3 Å². The zero-order chi connectivity index (χ0) is 10.3. The van der Waals surface area contributed by atoms with Crippen LogP contribution in [0.5, 0.6) is 0 Å². The Bertz CT molecular complexity index is 196. The molecule has 0 saturated carbocycles. The van der Waals surface area contributed by atoms with Crippen LogP contribution in [0.2, 0.25) is 0 Å². The zero-order valence-electron chi connectivity index (χ0n) is 6.96. The summed E-state index contributed by atoms with van der Waals surface area (Å²) < 4.78 is 29.7. The van der Waals surface area contributed by atoms with E-state index in [0.29, 0.717) is 13.2 Å². The molecule has 0 spiro atoms. The zero-order valence-corrected chi connectivity index (χ0v) is 6.96. The molecule has 0 amide bonds. The van der Waals surface area contributed by atoms with E-state index >= 15 is 0 Å². The van der Waals surface area contributed by atoms with Crippen LogP contribution in [0.4, 0.5) is 8.78 Å². The van der Waals surface area contributed by atoms with Crippen molar-refractivity contribution >= 4 is 5.97 Å². The lowest BCUT2D eigenvalue weighted by Gasteiger charge is -1.94. The number of carbonyl (C=O) groups is 1. The Morgan fingerprint density at radius 2 is 2.15 bits per heavy atom. The van der Waals surface area contributed by atoms with Crippen molar-refractivity contribution in [3.8, 4) is 0 Å². The Morgan fingerprint density at radius 1 is 1.69 bits per heavy atom. The third-order valence-electron chi connectivity index (χ3n) is 0.981. The van der Waals surface area contributed by atoms with Gasteiger partial charge in [0.15, 0.2) is 0 Å². The number of ether oxygens (including phenoxy) is 2. The maximum atomic E-state index is 10.3. The summed E-state index contributed by atoms with van der Waals surface area (Å²) in [4.78, 5) is 10.3. The molecule has 1 atom stereocenters. The second-order valence-electron chi connectivity index (χ2n) is 2.13. The average Bonchev–Trinajstić information content (AvgIpc) is 2.82. The largest absolute Gasteiger partial charge is 0.460 e. The quantitative estimate of drug-likeness (QED) is 0.386. The fraction of sp³-hybridized carbons (Fsp3) is 0.375. The van der Waals surface area contributed by atoms with Gasteiger partial charge in [-0.05, 0) is 6.58 Å². The van der Waals surface area contributed by atoms with E-state index in [1.54, 1.807) is 0 Å². The van der Waals surface area contributed by atoms with Gasteiger partial charge in [-0.2, -0.15) is 8.78 Å². The first-order valence-corrected chi connectivity index (χ1v) is 3.47. The highest BCUT2D eigenvalue weighted by atomic mass is 19.3. The highest BCUT2D eigenvalue weighted by Crippen LogP contribution is 2.08. The first kappa shape index (κ1) is 11.8. The van der Waals surface area contributed by atoms with Crippen LogP contribution < -0.4 is 0 Å². The van der Waals surface area contributed by atoms with Gasteiger partial charge in [0, 0.05) is 6.08 Å². The van der Waals surface area contributed by atoms with Crippen molar-refractivity contribution in [3.05, 3.63) is 25.3 Å². The molecule has 1 aliphatic rings. The Kier molecular flexibility index (Phi) is 5.71. The minimum absolute atomic E-state index is 0.147. The summed E-state index contributed by atoms with van der Waals surface area (Å²) in [7, 11) is 0. The summed E-state index contributed by atoms with van der Waals surface area (Å²) in [6.45, 7) is 6.54. The second-order valence-corrected chi connectivity index (χ2v) is 2.13. The van der Waals surface area contributed by atoms with Gasteiger partial charge < -0.3 is 9.47 Å². The van der Waals surface area contributed by atoms with Crippen molar-refractivity contribution in [3.63, 3.8) is 0 Å². The van der Waals surface area contributed by atoms with Crippen LogP contribution in [0.3, 0.4) is 0 Å². The van der Waals surface area contributed by atoms with Crippen molar-refractivity contribution < 1.29 is 23.0 Å². The van der Waals surface area contributed by atoms with E-state index in [4.69, 9.17) is 4.74 Å². The molecule has 0 bridgehead atoms.